The van der Waals surface area contributed by atoms with Crippen LogP contribution in [0.3, 0.4) is 0 Å². The minimum Gasteiger partial charge on any atom is -0.377 e. The molecule has 4 heteroatoms. The van der Waals surface area contributed by atoms with Gasteiger partial charge in [0.1, 0.15) is 0 Å². The second kappa shape index (κ2) is 7.88. The number of hydrogen-bond acceptors (Lipinski definition) is 3. The van der Waals surface area contributed by atoms with E-state index in [1.807, 2.05) is 35.6 Å². The Kier molecular flexibility index (Phi) is 4.94. The maximum atomic E-state index is 12.4. The maximum Gasteiger partial charge on any atom is 0.224 e. The summed E-state index contributed by atoms with van der Waals surface area (Å²) in [5.74, 6) is 0.997. The zero-order chi connectivity index (χ0) is 19.6. The molecular weight excluding hydrogens is 376 g/mol. The van der Waals surface area contributed by atoms with Crippen LogP contribution in [0.25, 0.3) is 0 Å². The molecule has 2 N–H and O–H groups in total. The molecule has 1 aromatic heterocycles. The van der Waals surface area contributed by atoms with Crippen LogP contribution in [0.4, 0.5) is 11.4 Å². The molecule has 3 atom stereocenters. The molecule has 0 spiro atoms. The molecule has 2 aromatic carbocycles. The van der Waals surface area contributed by atoms with E-state index >= 15 is 0 Å². The van der Waals surface area contributed by atoms with Crippen LogP contribution in [0.15, 0.2) is 78.2 Å². The summed E-state index contributed by atoms with van der Waals surface area (Å²) in [6.07, 6.45) is 6.98. The molecule has 0 fully saturated rings. The third kappa shape index (κ3) is 3.73. The van der Waals surface area contributed by atoms with E-state index in [0.717, 1.165) is 18.5 Å². The quantitative estimate of drug-likeness (QED) is 0.505. The third-order valence-corrected chi connectivity index (χ3v) is 6.94. The van der Waals surface area contributed by atoms with E-state index in [1.54, 1.807) is 0 Å². The maximum absolute atomic E-state index is 12.4. The molecule has 5 rings (SSSR count). The number of nitrogens with one attached hydrogen (secondary N) is 2. The van der Waals surface area contributed by atoms with Gasteiger partial charge in [0.2, 0.25) is 5.91 Å². The Balaban J connectivity index is 1.31. The molecular formula is C25H24N2OS. The Labute approximate surface area is 175 Å². The Hall–Kier alpha value is -2.85. The first kappa shape index (κ1) is 18.2. The second-order valence-electron chi connectivity index (χ2n) is 7.83. The molecule has 1 aliphatic carbocycles. The van der Waals surface area contributed by atoms with Gasteiger partial charge in [-0.25, -0.2) is 0 Å². The van der Waals surface area contributed by atoms with Crippen molar-refractivity contribution >= 4 is 28.6 Å². The van der Waals surface area contributed by atoms with Gasteiger partial charge in [-0.15, -0.1) is 11.3 Å². The Morgan fingerprint density at radius 2 is 2.00 bits per heavy atom. The van der Waals surface area contributed by atoms with E-state index in [9.17, 15) is 4.79 Å². The molecule has 0 radical (unpaired) electrons. The molecule has 1 amide bonds. The number of allylic oxidation sites excluding steroid dienone is 2. The number of carbonyl (C=O) groups excluding carboxylic acids is 1. The smallest absolute Gasteiger partial charge is 0.224 e. The van der Waals surface area contributed by atoms with Crippen molar-refractivity contribution in [1.29, 1.82) is 0 Å². The Bertz CT molecular complexity index is 1030. The molecule has 3 unspecified atom stereocenters. The minimum absolute atomic E-state index is 0.0625. The van der Waals surface area contributed by atoms with Crippen LogP contribution >= 0.6 is 11.3 Å². The van der Waals surface area contributed by atoms with Gasteiger partial charge in [-0.1, -0.05) is 48.6 Å². The molecule has 0 saturated carbocycles. The van der Waals surface area contributed by atoms with Gasteiger partial charge >= 0.3 is 0 Å². The van der Waals surface area contributed by atoms with Crippen LogP contribution in [0, 0.1) is 5.92 Å². The summed E-state index contributed by atoms with van der Waals surface area (Å²) >= 11 is 1.82. The number of rotatable bonds is 5. The van der Waals surface area contributed by atoms with Crippen molar-refractivity contribution in [3.8, 4) is 0 Å². The highest BCUT2D eigenvalue weighted by molar-refractivity contribution is 7.10. The number of hydrogen-bond donors (Lipinski definition) is 2. The Morgan fingerprint density at radius 1 is 1.10 bits per heavy atom. The molecule has 146 valence electrons. The highest BCUT2D eigenvalue weighted by Crippen LogP contribution is 2.50. The zero-order valence-electron chi connectivity index (χ0n) is 16.2. The van der Waals surface area contributed by atoms with Crippen LogP contribution in [-0.2, 0) is 11.2 Å². The lowest BCUT2D eigenvalue weighted by atomic mass is 9.79. The molecule has 0 saturated heterocycles. The van der Waals surface area contributed by atoms with Crippen molar-refractivity contribution in [3.63, 3.8) is 0 Å². The first-order valence-electron chi connectivity index (χ1n) is 10.2. The van der Waals surface area contributed by atoms with Gasteiger partial charge in [0.25, 0.3) is 0 Å². The van der Waals surface area contributed by atoms with Gasteiger partial charge in [-0.2, -0.15) is 0 Å². The summed E-state index contributed by atoms with van der Waals surface area (Å²) in [6.45, 7) is 0. The fourth-order valence-electron chi connectivity index (χ4n) is 4.55. The number of aryl methyl sites for hydroxylation is 1. The highest BCUT2D eigenvalue weighted by Gasteiger charge is 2.38. The van der Waals surface area contributed by atoms with Crippen LogP contribution in [0.2, 0.25) is 0 Å². The van der Waals surface area contributed by atoms with E-state index in [0.29, 0.717) is 24.3 Å². The summed E-state index contributed by atoms with van der Waals surface area (Å²) in [5, 5.41) is 9.00. The minimum atomic E-state index is 0.0625. The van der Waals surface area contributed by atoms with Gasteiger partial charge < -0.3 is 10.6 Å². The number of carbonyl (C=O) groups is 1. The van der Waals surface area contributed by atoms with Crippen LogP contribution in [0.1, 0.15) is 40.8 Å². The summed E-state index contributed by atoms with van der Waals surface area (Å²) in [6, 6.07) is 21.1. The molecule has 0 bridgehead atoms. The van der Waals surface area contributed by atoms with E-state index in [1.165, 1.54) is 21.7 Å². The zero-order valence-corrected chi connectivity index (χ0v) is 17.0. The van der Waals surface area contributed by atoms with Crippen LogP contribution < -0.4 is 10.6 Å². The van der Waals surface area contributed by atoms with Crippen molar-refractivity contribution < 1.29 is 4.79 Å². The first-order chi connectivity index (χ1) is 14.3. The predicted molar refractivity (Wildman–Crippen MR) is 121 cm³/mol. The number of anilines is 2. The predicted octanol–water partition coefficient (Wildman–Crippen LogP) is 6.15. The third-order valence-electron chi connectivity index (χ3n) is 5.98. The Morgan fingerprint density at radius 3 is 2.83 bits per heavy atom. The van der Waals surface area contributed by atoms with E-state index in [2.05, 4.69) is 64.6 Å². The fraction of sp³-hybridized carbons (Fsp3) is 0.240. The summed E-state index contributed by atoms with van der Waals surface area (Å²) in [7, 11) is 0. The summed E-state index contributed by atoms with van der Waals surface area (Å²) in [4.78, 5) is 13.8. The highest BCUT2D eigenvalue weighted by atomic mass is 32.1. The number of thiophene rings is 1. The molecule has 3 aromatic rings. The lowest BCUT2D eigenvalue weighted by Crippen LogP contribution is -2.28. The molecule has 2 heterocycles. The SMILES string of the molecule is O=C(CCc1ccccc1)Nc1ccc2c(c1)C1C=CCC1C(c1cccs1)N2. The van der Waals surface area contributed by atoms with Gasteiger partial charge in [-0.05, 0) is 59.5 Å². The van der Waals surface area contributed by atoms with Crippen molar-refractivity contribution in [2.75, 3.05) is 10.6 Å². The van der Waals surface area contributed by atoms with Gasteiger partial charge in [-0.3, -0.25) is 4.79 Å². The van der Waals surface area contributed by atoms with Crippen molar-refractivity contribution in [2.24, 2.45) is 5.92 Å². The topological polar surface area (TPSA) is 41.1 Å². The van der Waals surface area contributed by atoms with E-state index < -0.39 is 0 Å². The van der Waals surface area contributed by atoms with Gasteiger partial charge in [0.15, 0.2) is 0 Å². The average Bonchev–Trinajstić information content (AvgIpc) is 3.45. The molecule has 3 nitrogen and oxygen atoms in total. The molecule has 2 aliphatic rings. The van der Waals surface area contributed by atoms with Gasteiger partial charge in [0, 0.05) is 28.6 Å². The first-order valence-corrected chi connectivity index (χ1v) is 11.1. The van der Waals surface area contributed by atoms with E-state index in [-0.39, 0.29) is 5.91 Å². The summed E-state index contributed by atoms with van der Waals surface area (Å²) in [5.41, 5.74) is 4.55. The van der Waals surface area contributed by atoms with Crippen molar-refractivity contribution in [3.05, 3.63) is 94.2 Å². The average molecular weight is 401 g/mol. The monoisotopic (exact) mass is 400 g/mol. The lowest BCUT2D eigenvalue weighted by Gasteiger charge is -2.37. The van der Waals surface area contributed by atoms with Gasteiger partial charge in [0.05, 0.1) is 6.04 Å². The summed E-state index contributed by atoms with van der Waals surface area (Å²) < 4.78 is 0. The fourth-order valence-corrected chi connectivity index (χ4v) is 5.40. The van der Waals surface area contributed by atoms with Crippen molar-refractivity contribution in [1.82, 2.24) is 0 Å². The molecule has 1 aliphatic heterocycles. The van der Waals surface area contributed by atoms with Crippen molar-refractivity contribution in [2.45, 2.75) is 31.2 Å². The lowest BCUT2D eigenvalue weighted by molar-refractivity contribution is -0.116. The largest absolute Gasteiger partial charge is 0.377 e. The van der Waals surface area contributed by atoms with Crippen LogP contribution in [-0.4, -0.2) is 5.91 Å². The number of fused-ring (bicyclic) bond motifs is 3. The normalized spacial score (nSPS) is 21.9. The number of benzene rings is 2. The molecule has 29 heavy (non-hydrogen) atoms. The van der Waals surface area contributed by atoms with E-state index in [4.69, 9.17) is 0 Å². The number of amides is 1. The second-order valence-corrected chi connectivity index (χ2v) is 8.81. The van der Waals surface area contributed by atoms with Crippen LogP contribution in [0.5, 0.6) is 0 Å². The standard InChI is InChI=1S/C25H24N2OS/c28-24(14-11-17-6-2-1-3-7-17)26-18-12-13-22-21(16-18)19-8-4-9-20(19)25(27-22)23-10-5-15-29-23/h1-8,10,12-13,15-16,19-20,25,27H,9,11,14H2,(H,26,28).